The molecular formula is C20H21N3O3. The molecule has 1 aliphatic heterocycles. The van der Waals surface area contributed by atoms with Crippen molar-refractivity contribution in [3.8, 4) is 23.0 Å². The summed E-state index contributed by atoms with van der Waals surface area (Å²) in [6, 6.07) is 15.8. The van der Waals surface area contributed by atoms with Crippen molar-refractivity contribution in [2.24, 2.45) is 0 Å². The van der Waals surface area contributed by atoms with E-state index in [4.69, 9.17) is 13.9 Å². The highest BCUT2D eigenvalue weighted by atomic mass is 16.6. The van der Waals surface area contributed by atoms with E-state index in [1.807, 2.05) is 49.5 Å². The maximum Gasteiger partial charge on any atom is 0.247 e. The molecule has 0 radical (unpaired) electrons. The average molecular weight is 351 g/mol. The average Bonchev–Trinajstić information content (AvgIpc) is 3.18. The predicted molar refractivity (Wildman–Crippen MR) is 97.0 cm³/mol. The fraction of sp³-hybridized carbons (Fsp3) is 0.300. The molecule has 0 spiro atoms. The molecule has 6 heteroatoms. The molecule has 0 saturated carbocycles. The molecule has 1 unspecified atom stereocenters. The molecule has 0 bridgehead atoms. The topological polar surface area (TPSA) is 60.6 Å². The van der Waals surface area contributed by atoms with E-state index < -0.39 is 0 Å². The third-order valence-electron chi connectivity index (χ3n) is 4.52. The number of rotatable bonds is 5. The molecule has 2 aromatic carbocycles. The Morgan fingerprint density at radius 3 is 2.58 bits per heavy atom. The van der Waals surface area contributed by atoms with Crippen molar-refractivity contribution in [2.75, 3.05) is 20.3 Å². The van der Waals surface area contributed by atoms with Gasteiger partial charge in [-0.3, -0.25) is 4.90 Å². The van der Waals surface area contributed by atoms with Gasteiger partial charge in [0.15, 0.2) is 11.5 Å². The first-order valence-corrected chi connectivity index (χ1v) is 8.68. The lowest BCUT2D eigenvalue weighted by Gasteiger charge is -2.23. The summed E-state index contributed by atoms with van der Waals surface area (Å²) in [4.78, 5) is 2.16. The molecule has 4 rings (SSSR count). The largest absolute Gasteiger partial charge is 0.486 e. The zero-order chi connectivity index (χ0) is 17.9. The molecular weight excluding hydrogens is 330 g/mol. The fourth-order valence-corrected chi connectivity index (χ4v) is 2.90. The molecule has 1 aliphatic rings. The van der Waals surface area contributed by atoms with Crippen molar-refractivity contribution < 1.29 is 13.9 Å². The van der Waals surface area contributed by atoms with Crippen LogP contribution in [0.1, 0.15) is 24.4 Å². The van der Waals surface area contributed by atoms with Gasteiger partial charge in [0.1, 0.15) is 13.2 Å². The van der Waals surface area contributed by atoms with Crippen molar-refractivity contribution in [1.82, 2.24) is 15.1 Å². The molecule has 0 N–H and O–H groups in total. The van der Waals surface area contributed by atoms with E-state index in [0.29, 0.717) is 25.0 Å². The molecule has 0 aliphatic carbocycles. The van der Waals surface area contributed by atoms with E-state index in [1.165, 1.54) is 0 Å². The van der Waals surface area contributed by atoms with Gasteiger partial charge >= 0.3 is 0 Å². The number of benzene rings is 2. The summed E-state index contributed by atoms with van der Waals surface area (Å²) in [6.45, 7) is 3.98. The Labute approximate surface area is 152 Å². The Morgan fingerprint density at radius 2 is 1.77 bits per heavy atom. The first-order chi connectivity index (χ1) is 12.7. The predicted octanol–water partition coefficient (Wildman–Crippen LogP) is 3.70. The minimum atomic E-state index is -0.00633. The Hall–Kier alpha value is -2.86. The maximum absolute atomic E-state index is 5.87. The molecule has 0 fully saturated rings. The summed E-state index contributed by atoms with van der Waals surface area (Å²) in [5.41, 5.74) is 2.07. The molecule has 1 atom stereocenters. The minimum absolute atomic E-state index is 0.00633. The van der Waals surface area contributed by atoms with Crippen LogP contribution in [0.25, 0.3) is 11.5 Å². The molecule has 2 heterocycles. The van der Waals surface area contributed by atoms with E-state index in [2.05, 4.69) is 28.1 Å². The van der Waals surface area contributed by atoms with Crippen LogP contribution >= 0.6 is 0 Å². The van der Waals surface area contributed by atoms with E-state index in [9.17, 15) is 0 Å². The lowest BCUT2D eigenvalue weighted by Crippen LogP contribution is -2.22. The lowest BCUT2D eigenvalue weighted by atomic mass is 10.1. The Balaban J connectivity index is 1.46. The number of aromatic nitrogens is 2. The highest BCUT2D eigenvalue weighted by molar-refractivity contribution is 5.51. The second-order valence-electron chi connectivity index (χ2n) is 6.38. The molecule has 3 aromatic rings. The van der Waals surface area contributed by atoms with Gasteiger partial charge in [-0.2, -0.15) is 0 Å². The number of fused-ring (bicyclic) bond motifs is 1. The summed E-state index contributed by atoms with van der Waals surface area (Å²) in [7, 11) is 2.04. The van der Waals surface area contributed by atoms with Gasteiger partial charge in [-0.25, -0.2) is 0 Å². The Kier molecular flexibility index (Phi) is 4.58. The van der Waals surface area contributed by atoms with Gasteiger partial charge in [-0.15, -0.1) is 10.2 Å². The normalized spacial score (nSPS) is 14.4. The van der Waals surface area contributed by atoms with Crippen LogP contribution in [0, 0.1) is 0 Å². The van der Waals surface area contributed by atoms with Crippen molar-refractivity contribution in [3.63, 3.8) is 0 Å². The molecule has 1 aromatic heterocycles. The summed E-state index contributed by atoms with van der Waals surface area (Å²) in [6.07, 6.45) is 0. The van der Waals surface area contributed by atoms with Gasteiger partial charge in [0.05, 0.1) is 6.04 Å². The lowest BCUT2D eigenvalue weighted by molar-refractivity contribution is 0.170. The quantitative estimate of drug-likeness (QED) is 0.698. The molecule has 0 amide bonds. The van der Waals surface area contributed by atoms with Crippen LogP contribution in [-0.4, -0.2) is 35.4 Å². The van der Waals surface area contributed by atoms with E-state index in [0.717, 1.165) is 29.2 Å². The van der Waals surface area contributed by atoms with Crippen LogP contribution in [0.2, 0.25) is 0 Å². The van der Waals surface area contributed by atoms with Gasteiger partial charge in [0.2, 0.25) is 11.8 Å². The Bertz CT molecular complexity index is 879. The van der Waals surface area contributed by atoms with Crippen molar-refractivity contribution in [1.29, 1.82) is 0 Å². The molecule has 6 nitrogen and oxygen atoms in total. The highest BCUT2D eigenvalue weighted by Gasteiger charge is 2.20. The third-order valence-corrected chi connectivity index (χ3v) is 4.52. The van der Waals surface area contributed by atoms with Gasteiger partial charge in [0.25, 0.3) is 0 Å². The van der Waals surface area contributed by atoms with Crippen LogP contribution in [0.5, 0.6) is 11.5 Å². The minimum Gasteiger partial charge on any atom is -0.486 e. The van der Waals surface area contributed by atoms with Crippen molar-refractivity contribution in [2.45, 2.75) is 19.5 Å². The summed E-state index contributed by atoms with van der Waals surface area (Å²) >= 11 is 0. The summed E-state index contributed by atoms with van der Waals surface area (Å²) in [5.74, 6) is 2.75. The first-order valence-electron chi connectivity index (χ1n) is 8.68. The maximum atomic E-state index is 5.87. The number of hydrogen-bond acceptors (Lipinski definition) is 6. The van der Waals surface area contributed by atoms with Gasteiger partial charge in [0, 0.05) is 12.1 Å². The molecule has 26 heavy (non-hydrogen) atoms. The fourth-order valence-electron chi connectivity index (χ4n) is 2.90. The van der Waals surface area contributed by atoms with Crippen LogP contribution in [0.3, 0.4) is 0 Å². The smallest absolute Gasteiger partial charge is 0.247 e. The van der Waals surface area contributed by atoms with Crippen LogP contribution < -0.4 is 9.47 Å². The standard InChI is InChI=1S/C20H21N3O3/c1-14(19-21-22-20(26-19)16-6-4-3-5-7-16)23(2)13-15-8-9-17-18(12-15)25-11-10-24-17/h3-9,12,14H,10-11,13H2,1-2H3. The monoisotopic (exact) mass is 351 g/mol. The number of hydrogen-bond donors (Lipinski definition) is 0. The van der Waals surface area contributed by atoms with Gasteiger partial charge < -0.3 is 13.9 Å². The van der Waals surface area contributed by atoms with Crippen molar-refractivity contribution in [3.05, 3.63) is 60.0 Å². The van der Waals surface area contributed by atoms with Gasteiger partial charge in [-0.05, 0) is 43.8 Å². The second-order valence-corrected chi connectivity index (χ2v) is 6.38. The number of ether oxygens (including phenoxy) is 2. The molecule has 0 saturated heterocycles. The summed E-state index contributed by atoms with van der Waals surface area (Å²) < 4.78 is 17.1. The van der Waals surface area contributed by atoms with Crippen LogP contribution in [0.15, 0.2) is 52.9 Å². The van der Waals surface area contributed by atoms with E-state index >= 15 is 0 Å². The van der Waals surface area contributed by atoms with Crippen LogP contribution in [-0.2, 0) is 6.54 Å². The van der Waals surface area contributed by atoms with E-state index in [-0.39, 0.29) is 6.04 Å². The zero-order valence-corrected chi connectivity index (χ0v) is 14.9. The third kappa shape index (κ3) is 3.41. The Morgan fingerprint density at radius 1 is 1.00 bits per heavy atom. The number of nitrogens with zero attached hydrogens (tertiary/aromatic N) is 3. The van der Waals surface area contributed by atoms with Crippen molar-refractivity contribution >= 4 is 0 Å². The molecule has 134 valence electrons. The highest BCUT2D eigenvalue weighted by Crippen LogP contribution is 2.32. The SMILES string of the molecule is CC(c1nnc(-c2ccccc2)o1)N(C)Cc1ccc2c(c1)OCCO2. The first kappa shape index (κ1) is 16.6. The summed E-state index contributed by atoms with van der Waals surface area (Å²) in [5, 5.41) is 8.40. The van der Waals surface area contributed by atoms with Gasteiger partial charge in [-0.1, -0.05) is 24.3 Å². The second kappa shape index (κ2) is 7.17. The van der Waals surface area contributed by atoms with E-state index in [1.54, 1.807) is 0 Å². The van der Waals surface area contributed by atoms with Crippen LogP contribution in [0.4, 0.5) is 0 Å². The zero-order valence-electron chi connectivity index (χ0n) is 14.9.